The highest BCUT2D eigenvalue weighted by Crippen LogP contribution is 2.44. The van der Waals surface area contributed by atoms with Gasteiger partial charge in [-0.1, -0.05) is 24.3 Å². The van der Waals surface area contributed by atoms with Crippen LogP contribution in [0, 0.1) is 5.92 Å². The van der Waals surface area contributed by atoms with E-state index in [9.17, 15) is 4.79 Å². The molecule has 0 bridgehead atoms. The minimum atomic E-state index is -0.120. The molecule has 2 unspecified atom stereocenters. The van der Waals surface area contributed by atoms with Crippen LogP contribution in [-0.4, -0.2) is 35.6 Å². The van der Waals surface area contributed by atoms with Crippen molar-refractivity contribution in [3.63, 3.8) is 0 Å². The van der Waals surface area contributed by atoms with Crippen molar-refractivity contribution in [2.75, 3.05) is 20.2 Å². The molecule has 1 fully saturated rings. The van der Waals surface area contributed by atoms with Crippen LogP contribution < -0.4 is 0 Å². The van der Waals surface area contributed by atoms with Gasteiger partial charge in [0.15, 0.2) is 0 Å². The smallest absolute Gasteiger partial charge is 0.312 e. The highest BCUT2D eigenvalue weighted by molar-refractivity contribution is 5.86. The largest absolute Gasteiger partial charge is 0.469 e. The number of benzene rings is 1. The highest BCUT2D eigenvalue weighted by atomic mass is 16.5. The van der Waals surface area contributed by atoms with Gasteiger partial charge < -0.3 is 9.30 Å². The predicted octanol–water partition coefficient (Wildman–Crippen LogP) is 3.22. The van der Waals surface area contributed by atoms with E-state index in [1.54, 1.807) is 0 Å². The Morgan fingerprint density at radius 1 is 1.33 bits per heavy atom. The van der Waals surface area contributed by atoms with Gasteiger partial charge in [-0.15, -0.1) is 0 Å². The van der Waals surface area contributed by atoms with E-state index < -0.39 is 0 Å². The first-order valence-electron chi connectivity index (χ1n) is 8.68. The number of hydrogen-bond donors (Lipinski definition) is 0. The van der Waals surface area contributed by atoms with E-state index in [0.717, 1.165) is 25.9 Å². The third-order valence-corrected chi connectivity index (χ3v) is 5.82. The van der Waals surface area contributed by atoms with Crippen molar-refractivity contribution in [2.24, 2.45) is 13.0 Å². The molecule has 2 atom stereocenters. The Kier molecular flexibility index (Phi) is 3.72. The van der Waals surface area contributed by atoms with E-state index in [1.807, 2.05) is 6.92 Å². The van der Waals surface area contributed by atoms with E-state index in [-0.39, 0.29) is 11.9 Å². The van der Waals surface area contributed by atoms with Crippen molar-refractivity contribution in [2.45, 2.75) is 25.8 Å². The molecule has 24 heavy (non-hydrogen) atoms. The normalized spacial score (nSPS) is 25.5. The van der Waals surface area contributed by atoms with Gasteiger partial charge in [0.25, 0.3) is 0 Å². The first-order chi connectivity index (χ1) is 11.7. The Morgan fingerprint density at radius 3 is 2.88 bits per heavy atom. The second-order valence-electron chi connectivity index (χ2n) is 6.85. The number of rotatable bonds is 1. The zero-order valence-electron chi connectivity index (χ0n) is 14.6. The summed E-state index contributed by atoms with van der Waals surface area (Å²) >= 11 is 0. The van der Waals surface area contributed by atoms with Gasteiger partial charge in [0.1, 0.15) is 0 Å². The molecule has 2 aliphatic heterocycles. The second-order valence-corrected chi connectivity index (χ2v) is 6.85. The van der Waals surface area contributed by atoms with Gasteiger partial charge in [-0.05, 0) is 37.0 Å². The number of aryl methyl sites for hydroxylation is 1. The third-order valence-electron chi connectivity index (χ3n) is 5.82. The molecule has 0 saturated carbocycles. The van der Waals surface area contributed by atoms with Crippen LogP contribution in [0.2, 0.25) is 0 Å². The van der Waals surface area contributed by atoms with E-state index in [2.05, 4.69) is 46.9 Å². The molecule has 0 amide bonds. The molecule has 4 nitrogen and oxygen atoms in total. The molecule has 2 aliphatic rings. The fourth-order valence-electron chi connectivity index (χ4n) is 4.61. The minimum Gasteiger partial charge on any atom is -0.469 e. The molecule has 0 N–H and O–H groups in total. The molecule has 0 radical (unpaired) electrons. The number of carbonyl (C=O) groups excluding carboxylic acids is 1. The predicted molar refractivity (Wildman–Crippen MR) is 94.8 cm³/mol. The van der Waals surface area contributed by atoms with Crippen molar-refractivity contribution in [3.05, 3.63) is 47.2 Å². The summed E-state index contributed by atoms with van der Waals surface area (Å²) in [6, 6.07) is 8.92. The van der Waals surface area contributed by atoms with Gasteiger partial charge in [-0.3, -0.25) is 9.69 Å². The highest BCUT2D eigenvalue weighted by Gasteiger charge is 2.41. The Labute approximate surface area is 142 Å². The Morgan fingerprint density at radius 2 is 2.12 bits per heavy atom. The van der Waals surface area contributed by atoms with Crippen LogP contribution in [0.3, 0.4) is 0 Å². The van der Waals surface area contributed by atoms with Crippen molar-refractivity contribution < 1.29 is 9.53 Å². The quantitative estimate of drug-likeness (QED) is 0.597. The van der Waals surface area contributed by atoms with Crippen LogP contribution >= 0.6 is 0 Å². The monoisotopic (exact) mass is 324 g/mol. The number of allylic oxidation sites excluding steroid dienone is 1. The van der Waals surface area contributed by atoms with Crippen LogP contribution in [0.15, 0.2) is 35.9 Å². The number of esters is 1. The van der Waals surface area contributed by atoms with Gasteiger partial charge in [0.2, 0.25) is 0 Å². The lowest BCUT2D eigenvalue weighted by Gasteiger charge is -2.43. The van der Waals surface area contributed by atoms with Crippen LogP contribution in [0.1, 0.15) is 30.6 Å². The number of methoxy groups -OCH3 is 1. The maximum absolute atomic E-state index is 12.3. The maximum Gasteiger partial charge on any atom is 0.312 e. The molecule has 4 rings (SSSR count). The topological polar surface area (TPSA) is 34.5 Å². The average molecular weight is 324 g/mol. The zero-order chi connectivity index (χ0) is 16.8. The van der Waals surface area contributed by atoms with Crippen molar-refractivity contribution in [1.82, 2.24) is 9.47 Å². The number of carbonyl (C=O) groups is 1. The summed E-state index contributed by atoms with van der Waals surface area (Å²) in [5, 5.41) is 1.36. The molecule has 2 aromatic rings. The molecule has 126 valence electrons. The van der Waals surface area contributed by atoms with Gasteiger partial charge >= 0.3 is 5.97 Å². The fraction of sp³-hybridized carbons (Fsp3) is 0.450. The van der Waals surface area contributed by atoms with Crippen molar-refractivity contribution >= 4 is 16.9 Å². The summed E-state index contributed by atoms with van der Waals surface area (Å²) in [6.45, 7) is 3.94. The molecule has 0 spiro atoms. The SMILES string of the molecule is C/C=C1\CN2CCc3c(n(C)c4ccccc34)C2CC1C(=O)OC. The van der Waals surface area contributed by atoms with Gasteiger partial charge in [-0.2, -0.15) is 0 Å². The first kappa shape index (κ1) is 15.5. The summed E-state index contributed by atoms with van der Waals surface area (Å²) in [5.41, 5.74) is 5.32. The van der Waals surface area contributed by atoms with Crippen molar-refractivity contribution in [3.8, 4) is 0 Å². The Hall–Kier alpha value is -2.07. The summed E-state index contributed by atoms with van der Waals surface area (Å²) in [7, 11) is 3.65. The van der Waals surface area contributed by atoms with Gasteiger partial charge in [0, 0.05) is 36.7 Å². The molecular formula is C20H24N2O2. The fourth-order valence-corrected chi connectivity index (χ4v) is 4.61. The number of fused-ring (bicyclic) bond motifs is 5. The number of aromatic nitrogens is 1. The van der Waals surface area contributed by atoms with Gasteiger partial charge in [-0.25, -0.2) is 0 Å². The van der Waals surface area contributed by atoms with E-state index in [4.69, 9.17) is 4.74 Å². The minimum absolute atomic E-state index is 0.103. The zero-order valence-corrected chi connectivity index (χ0v) is 14.6. The molecular weight excluding hydrogens is 300 g/mol. The lowest BCUT2D eigenvalue weighted by atomic mass is 9.81. The number of hydrogen-bond acceptors (Lipinski definition) is 3. The van der Waals surface area contributed by atoms with E-state index in [1.165, 1.54) is 34.8 Å². The third kappa shape index (κ3) is 2.13. The molecule has 3 heterocycles. The van der Waals surface area contributed by atoms with Crippen LogP contribution in [-0.2, 0) is 23.0 Å². The lowest BCUT2D eigenvalue weighted by molar-refractivity contribution is -0.145. The first-order valence-corrected chi connectivity index (χ1v) is 8.68. The van der Waals surface area contributed by atoms with E-state index >= 15 is 0 Å². The average Bonchev–Trinajstić information content (AvgIpc) is 2.93. The Bertz CT molecular complexity index is 834. The molecule has 1 aromatic carbocycles. The molecule has 0 aliphatic carbocycles. The maximum atomic E-state index is 12.3. The summed E-state index contributed by atoms with van der Waals surface area (Å²) in [4.78, 5) is 14.8. The molecule has 1 aromatic heterocycles. The summed E-state index contributed by atoms with van der Waals surface area (Å²) in [6.07, 6.45) is 3.98. The number of nitrogens with zero attached hydrogens (tertiary/aromatic N) is 2. The van der Waals surface area contributed by atoms with Crippen LogP contribution in [0.5, 0.6) is 0 Å². The standard InChI is InChI=1S/C20H24N2O2/c1-4-13-12-22-10-9-15-14-7-5-6-8-17(14)21(2)19(15)18(22)11-16(13)20(23)24-3/h4-8,16,18H,9-12H2,1-3H3/b13-4+. The lowest BCUT2D eigenvalue weighted by Crippen LogP contribution is -2.45. The second kappa shape index (κ2) is 5.78. The number of ether oxygens (including phenoxy) is 1. The summed E-state index contributed by atoms with van der Waals surface area (Å²) < 4.78 is 7.40. The Balaban J connectivity index is 1.82. The molecule has 4 heteroatoms. The van der Waals surface area contributed by atoms with Crippen LogP contribution in [0.25, 0.3) is 10.9 Å². The van der Waals surface area contributed by atoms with Gasteiger partial charge in [0.05, 0.1) is 19.1 Å². The number of para-hydroxylation sites is 1. The van der Waals surface area contributed by atoms with Crippen molar-refractivity contribution in [1.29, 1.82) is 0 Å². The molecule has 1 saturated heterocycles. The number of piperidine rings is 1. The van der Waals surface area contributed by atoms with Crippen LogP contribution in [0.4, 0.5) is 0 Å². The van der Waals surface area contributed by atoms with E-state index in [0.29, 0.717) is 6.04 Å². The summed E-state index contributed by atoms with van der Waals surface area (Å²) in [5.74, 6) is -0.223.